The molecule has 31 valence electrons. The van der Waals surface area contributed by atoms with Gasteiger partial charge >= 0.3 is 0 Å². The zero-order chi connectivity index (χ0) is 0. The predicted molar refractivity (Wildman–Crippen MR) is 0 cm³/mol. The quantitative estimate of drug-likeness (QED) is 0.542. The fourth-order valence-corrected chi connectivity index (χ4v) is 0. The molecular formula is CoCuMnZr. The third kappa shape index (κ3) is 8.83. The molecule has 4 heteroatoms. The third-order valence-corrected chi connectivity index (χ3v) is 0. The Kier molecular flexibility index (Phi) is 145. The fourth-order valence-electron chi connectivity index (χ4n) is 0. The van der Waals surface area contributed by atoms with E-state index < -0.39 is 0 Å². The maximum atomic E-state index is 0. The Bertz CT molecular complexity index is 8.00. The molecule has 0 spiro atoms. The van der Waals surface area contributed by atoms with E-state index in [-0.39, 0.29) is 77.1 Å². The van der Waals surface area contributed by atoms with E-state index in [9.17, 15) is 0 Å². The van der Waals surface area contributed by atoms with Crippen molar-refractivity contribution in [1.82, 2.24) is 0 Å². The van der Waals surface area contributed by atoms with Crippen LogP contribution in [0.4, 0.5) is 0 Å². The summed E-state index contributed by atoms with van der Waals surface area (Å²) < 4.78 is 0. The van der Waals surface area contributed by atoms with Crippen LogP contribution in [0, 0.1) is 0 Å². The number of hydrogen-bond acceptors (Lipinski definition) is 0. The van der Waals surface area contributed by atoms with Gasteiger partial charge in [-0.05, 0) is 0 Å². The monoisotopic (exact) mass is 267 g/mol. The van der Waals surface area contributed by atoms with Gasteiger partial charge in [0.05, 0.1) is 0 Å². The summed E-state index contributed by atoms with van der Waals surface area (Å²) in [6.07, 6.45) is 0. The van der Waals surface area contributed by atoms with E-state index in [1.165, 1.54) is 0 Å². The van der Waals surface area contributed by atoms with Crippen molar-refractivity contribution in [3.8, 4) is 0 Å². The van der Waals surface area contributed by atoms with Crippen LogP contribution < -0.4 is 0 Å². The van der Waals surface area contributed by atoms with E-state index >= 15 is 0 Å². The molecule has 4 heavy (non-hydrogen) atoms. The molecule has 0 N–H and O–H groups in total. The second-order valence-electron chi connectivity index (χ2n) is 0. The molecule has 0 aromatic heterocycles. The van der Waals surface area contributed by atoms with Crippen LogP contribution in [0.25, 0.3) is 0 Å². The molecule has 0 amide bonds. The summed E-state index contributed by atoms with van der Waals surface area (Å²) in [6, 6.07) is 0. The molecule has 3 radical (unpaired) electrons. The van der Waals surface area contributed by atoms with Crippen molar-refractivity contribution >= 4 is 0 Å². The molecule has 0 saturated carbocycles. The zero-order valence-electron chi connectivity index (χ0n) is 1.51. The molecule has 0 aliphatic rings. The van der Waals surface area contributed by atoms with Gasteiger partial charge in [0.2, 0.25) is 0 Å². The number of hydrogen-bond donors (Lipinski definition) is 0. The third-order valence-electron chi connectivity index (χ3n) is 0. The normalized spacial score (nSPS) is 0. The Labute approximate surface area is 76.1 Å². The van der Waals surface area contributed by atoms with Gasteiger partial charge in [-0.25, -0.2) is 0 Å². The second-order valence-corrected chi connectivity index (χ2v) is 0. The minimum atomic E-state index is 0. The minimum Gasteiger partial charge on any atom is 0 e. The van der Waals surface area contributed by atoms with E-state index in [4.69, 9.17) is 0 Å². The van der Waals surface area contributed by atoms with Crippen molar-refractivity contribution in [2.75, 3.05) is 0 Å². The summed E-state index contributed by atoms with van der Waals surface area (Å²) in [4.78, 5) is 0. The molecule has 0 bridgehead atoms. The van der Waals surface area contributed by atoms with Crippen molar-refractivity contribution in [3.63, 3.8) is 0 Å². The van der Waals surface area contributed by atoms with Crippen molar-refractivity contribution < 1.29 is 77.1 Å². The van der Waals surface area contributed by atoms with Crippen LogP contribution >= 0.6 is 0 Å². The van der Waals surface area contributed by atoms with Crippen molar-refractivity contribution in [3.05, 3.63) is 0 Å². The smallest absolute Gasteiger partial charge is 0 e. The molecule has 0 rings (SSSR count). The fraction of sp³-hybridized carbons (Fsp3) is 0. The number of rotatable bonds is 0. The van der Waals surface area contributed by atoms with Crippen molar-refractivity contribution in [1.29, 1.82) is 0 Å². The Balaban J connectivity index is 0. The maximum Gasteiger partial charge on any atom is 0 e. The summed E-state index contributed by atoms with van der Waals surface area (Å²) in [5, 5.41) is 0. The molecule has 0 aromatic rings. The van der Waals surface area contributed by atoms with Crippen LogP contribution in [-0.2, 0) is 77.1 Å². The molecule has 0 aliphatic carbocycles. The zero-order valence-corrected chi connectivity index (χ0v) is 7.13. The summed E-state index contributed by atoms with van der Waals surface area (Å²) in [7, 11) is 0. The van der Waals surface area contributed by atoms with E-state index in [0.29, 0.717) is 0 Å². The van der Waals surface area contributed by atoms with Gasteiger partial charge in [-0.15, -0.1) is 0 Å². The van der Waals surface area contributed by atoms with Crippen LogP contribution in [0.3, 0.4) is 0 Å². The Morgan fingerprint density at radius 2 is 1.00 bits per heavy atom. The van der Waals surface area contributed by atoms with Gasteiger partial charge in [-0.3, -0.25) is 0 Å². The van der Waals surface area contributed by atoms with Crippen molar-refractivity contribution in [2.45, 2.75) is 0 Å². The summed E-state index contributed by atoms with van der Waals surface area (Å²) in [5.74, 6) is 0. The first-order valence-electron chi connectivity index (χ1n) is 0. The van der Waals surface area contributed by atoms with Gasteiger partial charge in [0.25, 0.3) is 0 Å². The average Bonchev–Trinajstić information content (AvgIpc) is 0. The van der Waals surface area contributed by atoms with E-state index in [1.54, 1.807) is 0 Å². The topological polar surface area (TPSA) is 0 Å². The molecule has 0 heterocycles. The summed E-state index contributed by atoms with van der Waals surface area (Å²) in [5.41, 5.74) is 0. The van der Waals surface area contributed by atoms with Gasteiger partial charge in [0.15, 0.2) is 0 Å². The summed E-state index contributed by atoms with van der Waals surface area (Å²) in [6.45, 7) is 0. The summed E-state index contributed by atoms with van der Waals surface area (Å²) >= 11 is 0. The van der Waals surface area contributed by atoms with Crippen LogP contribution in [-0.4, -0.2) is 0 Å². The maximum absolute atomic E-state index is 0. The van der Waals surface area contributed by atoms with Gasteiger partial charge in [-0.1, -0.05) is 0 Å². The Morgan fingerprint density at radius 3 is 1.00 bits per heavy atom. The van der Waals surface area contributed by atoms with Crippen LogP contribution in [0.2, 0.25) is 0 Å². The minimum absolute atomic E-state index is 0. The standard InChI is InChI=1S/Co.Cu.Mn.Zr. The molecule has 0 saturated heterocycles. The van der Waals surface area contributed by atoms with E-state index in [1.807, 2.05) is 0 Å². The predicted octanol–water partition coefficient (Wildman–Crippen LogP) is -0.0100. The first kappa shape index (κ1) is 32.1. The van der Waals surface area contributed by atoms with Gasteiger partial charge < -0.3 is 0 Å². The van der Waals surface area contributed by atoms with Crippen LogP contribution in [0.1, 0.15) is 0 Å². The van der Waals surface area contributed by atoms with Gasteiger partial charge in [0.1, 0.15) is 0 Å². The Hall–Kier alpha value is 2.43. The molecule has 0 fully saturated rings. The Morgan fingerprint density at radius 1 is 1.00 bits per heavy atom. The first-order valence-corrected chi connectivity index (χ1v) is 0. The largest absolute Gasteiger partial charge is 0 e. The van der Waals surface area contributed by atoms with Crippen molar-refractivity contribution in [2.24, 2.45) is 0 Å². The van der Waals surface area contributed by atoms with Crippen LogP contribution in [0.5, 0.6) is 0 Å². The van der Waals surface area contributed by atoms with Gasteiger partial charge in [-0.2, -0.15) is 0 Å². The molecule has 0 aromatic carbocycles. The average molecular weight is 269 g/mol. The van der Waals surface area contributed by atoms with Gasteiger partial charge in [0, 0.05) is 77.1 Å². The molecule has 0 unspecified atom stereocenters. The molecule has 0 atom stereocenters. The first-order chi connectivity index (χ1) is 0. The van der Waals surface area contributed by atoms with E-state index in [0.717, 1.165) is 0 Å². The SMILES string of the molecule is [Co].[Cu].[Mn].[Zr]. The van der Waals surface area contributed by atoms with Crippen LogP contribution in [0.15, 0.2) is 0 Å². The molecular weight excluding hydrogens is 269 g/mol. The van der Waals surface area contributed by atoms with E-state index in [2.05, 4.69) is 0 Å². The second kappa shape index (κ2) is 18.1. The molecule has 0 nitrogen and oxygen atoms in total. The molecule has 0 aliphatic heterocycles.